The zero-order valence-electron chi connectivity index (χ0n) is 22.8. The second-order valence-corrected chi connectivity index (χ2v) is 13.2. The Bertz CT molecular complexity index is 1530. The molecule has 0 radical (unpaired) electrons. The third-order valence-corrected chi connectivity index (χ3v) is 10.3. The van der Waals surface area contributed by atoms with Crippen LogP contribution in [0.4, 0.5) is 0 Å². The van der Waals surface area contributed by atoms with Crippen LogP contribution in [-0.2, 0) is 19.3 Å². The van der Waals surface area contributed by atoms with Gasteiger partial charge in [0.25, 0.3) is 0 Å². The highest BCUT2D eigenvalue weighted by atomic mass is 32.1. The molecule has 0 fully saturated rings. The number of thiophene rings is 2. The van der Waals surface area contributed by atoms with Crippen LogP contribution in [0.5, 0.6) is 0 Å². The minimum absolute atomic E-state index is 0.959. The first kappa shape index (κ1) is 25.6. The molecule has 2 aromatic carbocycles. The number of furan rings is 1. The van der Waals surface area contributed by atoms with E-state index in [0.717, 1.165) is 17.8 Å². The molecule has 1 aliphatic carbocycles. The monoisotopic (exact) mass is 538 g/mol. The number of hydrogen-bond donors (Lipinski definition) is 0. The van der Waals surface area contributed by atoms with Gasteiger partial charge in [0, 0.05) is 42.4 Å². The van der Waals surface area contributed by atoms with Gasteiger partial charge in [-0.1, -0.05) is 76.6 Å². The minimum atomic E-state index is 0.959. The first-order valence-electron chi connectivity index (χ1n) is 14.6. The van der Waals surface area contributed by atoms with Gasteiger partial charge in [-0.3, -0.25) is 0 Å². The van der Waals surface area contributed by atoms with Gasteiger partial charge in [0.1, 0.15) is 11.3 Å². The van der Waals surface area contributed by atoms with E-state index in [0.29, 0.717) is 0 Å². The molecular weight excluding hydrogens is 501 g/mol. The zero-order chi connectivity index (χ0) is 25.9. The number of benzene rings is 2. The van der Waals surface area contributed by atoms with Gasteiger partial charge in [-0.25, -0.2) is 0 Å². The number of unbranched alkanes of at least 4 members (excludes halogenated alkanes) is 6. The number of fused-ring (bicyclic) bond motifs is 5. The molecular formula is C35H38OS2. The Morgan fingerprint density at radius 1 is 0.658 bits per heavy atom. The smallest absolute Gasteiger partial charge is 0.139 e. The highest BCUT2D eigenvalue weighted by molar-refractivity contribution is 7.15. The van der Waals surface area contributed by atoms with Crippen molar-refractivity contribution in [2.45, 2.75) is 84.5 Å². The Labute approximate surface area is 235 Å². The predicted molar refractivity (Wildman–Crippen MR) is 167 cm³/mol. The maximum absolute atomic E-state index is 6.52. The molecule has 196 valence electrons. The summed E-state index contributed by atoms with van der Waals surface area (Å²) in [5, 5.41) is 1.27. The van der Waals surface area contributed by atoms with E-state index in [4.69, 9.17) is 4.42 Å². The number of hydrogen-bond acceptors (Lipinski definition) is 3. The van der Waals surface area contributed by atoms with Crippen molar-refractivity contribution in [1.82, 2.24) is 0 Å². The van der Waals surface area contributed by atoms with Crippen LogP contribution in [0, 0.1) is 0 Å². The molecule has 0 atom stereocenters. The molecule has 5 aromatic rings. The van der Waals surface area contributed by atoms with Crippen molar-refractivity contribution in [3.8, 4) is 32.2 Å². The van der Waals surface area contributed by atoms with E-state index in [2.05, 4.69) is 74.5 Å². The first-order valence-corrected chi connectivity index (χ1v) is 16.2. The van der Waals surface area contributed by atoms with Crippen LogP contribution in [-0.4, -0.2) is 0 Å². The molecule has 6 rings (SSSR count). The van der Waals surface area contributed by atoms with Crippen molar-refractivity contribution in [2.24, 2.45) is 0 Å². The van der Waals surface area contributed by atoms with E-state index in [1.54, 1.807) is 0 Å². The van der Waals surface area contributed by atoms with Crippen molar-refractivity contribution in [2.75, 3.05) is 0 Å². The lowest BCUT2D eigenvalue weighted by Gasteiger charge is -2.04. The van der Waals surface area contributed by atoms with Crippen molar-refractivity contribution in [1.29, 1.82) is 0 Å². The summed E-state index contributed by atoms with van der Waals surface area (Å²) in [6, 6.07) is 23.0. The fourth-order valence-electron chi connectivity index (χ4n) is 5.79. The lowest BCUT2D eigenvalue weighted by molar-refractivity contribution is 0.631. The van der Waals surface area contributed by atoms with E-state index in [1.807, 2.05) is 22.7 Å². The van der Waals surface area contributed by atoms with Gasteiger partial charge in [-0.2, -0.15) is 0 Å². The van der Waals surface area contributed by atoms with E-state index < -0.39 is 0 Å². The third kappa shape index (κ3) is 5.28. The molecule has 0 spiro atoms. The summed E-state index contributed by atoms with van der Waals surface area (Å²) in [5.74, 6) is 1.07. The molecule has 0 saturated heterocycles. The van der Waals surface area contributed by atoms with Gasteiger partial charge in [-0.15, -0.1) is 22.7 Å². The molecule has 0 amide bonds. The molecule has 3 heteroatoms. The summed E-state index contributed by atoms with van der Waals surface area (Å²) in [7, 11) is 0. The van der Waals surface area contributed by atoms with E-state index in [9.17, 15) is 0 Å². The largest absolute Gasteiger partial charge is 0.456 e. The molecule has 3 aromatic heterocycles. The summed E-state index contributed by atoms with van der Waals surface area (Å²) in [6.07, 6.45) is 13.9. The van der Waals surface area contributed by atoms with Crippen molar-refractivity contribution >= 4 is 33.6 Å². The molecule has 0 saturated carbocycles. The van der Waals surface area contributed by atoms with Gasteiger partial charge in [0.05, 0.1) is 0 Å². The predicted octanol–water partition coefficient (Wildman–Crippen LogP) is 11.7. The fourth-order valence-corrected chi connectivity index (χ4v) is 7.88. The molecule has 38 heavy (non-hydrogen) atoms. The summed E-state index contributed by atoms with van der Waals surface area (Å²) in [4.78, 5) is 5.74. The first-order chi connectivity index (χ1) is 18.7. The van der Waals surface area contributed by atoms with Crippen LogP contribution in [0.2, 0.25) is 0 Å². The Morgan fingerprint density at radius 2 is 1.29 bits per heavy atom. The lowest BCUT2D eigenvalue weighted by atomic mass is 10.0. The molecule has 0 unspecified atom stereocenters. The van der Waals surface area contributed by atoms with Crippen molar-refractivity contribution < 1.29 is 4.42 Å². The Balaban J connectivity index is 1.18. The van der Waals surface area contributed by atoms with Crippen LogP contribution in [0.3, 0.4) is 0 Å². The molecule has 0 aliphatic heterocycles. The minimum Gasteiger partial charge on any atom is -0.456 e. The highest BCUT2D eigenvalue weighted by Crippen LogP contribution is 2.45. The number of aryl methyl sites for hydroxylation is 2. The Kier molecular flexibility index (Phi) is 7.85. The van der Waals surface area contributed by atoms with Gasteiger partial charge >= 0.3 is 0 Å². The van der Waals surface area contributed by atoms with Gasteiger partial charge in [-0.05, 0) is 78.8 Å². The van der Waals surface area contributed by atoms with Crippen molar-refractivity contribution in [3.63, 3.8) is 0 Å². The quantitative estimate of drug-likeness (QED) is 0.141. The van der Waals surface area contributed by atoms with Crippen LogP contribution in [0.15, 0.2) is 65.1 Å². The topological polar surface area (TPSA) is 13.1 Å². The van der Waals surface area contributed by atoms with Crippen LogP contribution >= 0.6 is 22.7 Å². The molecule has 0 N–H and O–H groups in total. The fraction of sp³-hybridized carbons (Fsp3) is 0.371. The summed E-state index contributed by atoms with van der Waals surface area (Å²) in [5.41, 5.74) is 7.65. The molecule has 1 aliphatic rings. The summed E-state index contributed by atoms with van der Waals surface area (Å²) in [6.45, 7) is 4.55. The van der Waals surface area contributed by atoms with Gasteiger partial charge in [0.2, 0.25) is 0 Å². The third-order valence-electron chi connectivity index (χ3n) is 7.96. The molecule has 3 heterocycles. The second kappa shape index (κ2) is 11.6. The average Bonchev–Trinajstić information content (AvgIpc) is 3.72. The maximum Gasteiger partial charge on any atom is 0.139 e. The second-order valence-electron chi connectivity index (χ2n) is 10.8. The van der Waals surface area contributed by atoms with Crippen LogP contribution < -0.4 is 0 Å². The highest BCUT2D eigenvalue weighted by Gasteiger charge is 2.26. The van der Waals surface area contributed by atoms with Gasteiger partial charge < -0.3 is 4.42 Å². The molecule has 0 bridgehead atoms. The van der Waals surface area contributed by atoms with E-state index in [-0.39, 0.29) is 0 Å². The normalized spacial score (nSPS) is 12.4. The summed E-state index contributed by atoms with van der Waals surface area (Å²) < 4.78 is 6.52. The zero-order valence-corrected chi connectivity index (χ0v) is 24.4. The van der Waals surface area contributed by atoms with Crippen LogP contribution in [0.1, 0.15) is 86.1 Å². The van der Waals surface area contributed by atoms with E-state index in [1.165, 1.54) is 117 Å². The number of rotatable bonds is 12. The standard InChI is InChI=1S/C35H38OS2/c1-3-5-7-9-11-27-15-19-33(37-27)24-13-17-29-26(21-24)22-31-30-18-14-25(23-32(30)36-35(29)31)34-20-16-28(38-34)12-10-8-6-4-2/h13-21,23H,3-12,22H2,1-2H3. The van der Waals surface area contributed by atoms with E-state index >= 15 is 0 Å². The Morgan fingerprint density at radius 3 is 1.95 bits per heavy atom. The Hall–Kier alpha value is -2.62. The average molecular weight is 539 g/mol. The summed E-state index contributed by atoms with van der Waals surface area (Å²) >= 11 is 3.90. The van der Waals surface area contributed by atoms with Crippen LogP contribution in [0.25, 0.3) is 43.2 Å². The van der Waals surface area contributed by atoms with Gasteiger partial charge in [0.15, 0.2) is 0 Å². The lowest BCUT2D eigenvalue weighted by Crippen LogP contribution is -1.83. The van der Waals surface area contributed by atoms with Crippen molar-refractivity contribution in [3.05, 3.63) is 81.5 Å². The maximum atomic E-state index is 6.52. The molecule has 1 nitrogen and oxygen atoms in total. The SMILES string of the molecule is CCCCCCc1ccc(-c2ccc3c(c2)Cc2c-3oc3cc(-c4ccc(CCCCCC)s4)ccc23)s1.